The summed E-state index contributed by atoms with van der Waals surface area (Å²) in [6, 6.07) is 0. The number of carbonyl (C=O) groups excluding carboxylic acids is 2. The van der Waals surface area contributed by atoms with E-state index in [0.29, 0.717) is 0 Å². The quantitative estimate of drug-likeness (QED) is 0.269. The molecule has 0 aliphatic heterocycles. The Bertz CT molecular complexity index is 272. The molecule has 18 heavy (non-hydrogen) atoms. The first kappa shape index (κ1) is 19.8. The highest BCUT2D eigenvalue weighted by Gasteiger charge is 2.60. The Morgan fingerprint density at radius 1 is 0.722 bits per heavy atom. The maximum atomic E-state index is 11.4. The van der Waals surface area contributed by atoms with Gasteiger partial charge in [0.25, 0.3) is 0 Å². The summed E-state index contributed by atoms with van der Waals surface area (Å²) in [5, 5.41) is 0. The summed E-state index contributed by atoms with van der Waals surface area (Å²) in [5.74, 6) is 0. The standard InChI is InChI=1S/C4F6IO2.BF4/c5-3(6,7)1(12)11-2(13)4(8,9)10;2-1(3,4)5/q+1;-1. The van der Waals surface area contributed by atoms with E-state index in [9.17, 15) is 53.2 Å². The highest BCUT2D eigenvalue weighted by molar-refractivity contribution is 6.50. The normalized spacial score (nSPS) is 12.6. The molecule has 0 N–H and O–H groups in total. The van der Waals surface area contributed by atoms with Gasteiger partial charge in [0, 0.05) is 0 Å². The molecule has 0 heterocycles. The van der Waals surface area contributed by atoms with Gasteiger partial charge >= 0.3 is 48.4 Å². The lowest BCUT2D eigenvalue weighted by Gasteiger charge is -1.95. The van der Waals surface area contributed by atoms with Crippen LogP contribution in [0.1, 0.15) is 0 Å². The first-order chi connectivity index (χ1) is 7.55. The molecule has 0 fully saturated rings. The van der Waals surface area contributed by atoms with Crippen LogP contribution in [0.15, 0.2) is 0 Å². The molecule has 0 amide bonds. The van der Waals surface area contributed by atoms with E-state index in [1.807, 2.05) is 0 Å². The smallest absolute Gasteiger partial charge is 0.418 e. The van der Waals surface area contributed by atoms with Gasteiger partial charge < -0.3 is 17.3 Å². The Labute approximate surface area is 102 Å². The Hall–Kier alpha value is -0.565. The molecule has 0 spiro atoms. The van der Waals surface area contributed by atoms with Crippen LogP contribution in [0.25, 0.3) is 0 Å². The SMILES string of the molecule is F[B-](F)(F)F.O=C([I+]C(=O)C(F)(F)F)C(F)(F)F. The van der Waals surface area contributed by atoms with Crippen LogP contribution in [0.2, 0.25) is 0 Å². The minimum absolute atomic E-state index is 2.59. The van der Waals surface area contributed by atoms with Crippen molar-refractivity contribution in [3.63, 3.8) is 0 Å². The van der Waals surface area contributed by atoms with Gasteiger partial charge in [0.05, 0.1) is 0 Å². The van der Waals surface area contributed by atoms with E-state index < -0.39 is 48.4 Å². The van der Waals surface area contributed by atoms with Crippen molar-refractivity contribution in [2.45, 2.75) is 12.4 Å². The van der Waals surface area contributed by atoms with Gasteiger partial charge in [-0.1, -0.05) is 0 Å². The summed E-state index contributed by atoms with van der Waals surface area (Å²) in [6.07, 6.45) is -10.7. The second kappa shape index (κ2) is 6.56. The van der Waals surface area contributed by atoms with Crippen LogP contribution in [0, 0.1) is 0 Å². The molecule has 0 saturated carbocycles. The third-order valence-corrected chi connectivity index (χ3v) is 2.82. The highest BCUT2D eigenvalue weighted by Crippen LogP contribution is 2.13. The van der Waals surface area contributed by atoms with Crippen LogP contribution in [-0.4, -0.2) is 27.2 Å². The summed E-state index contributed by atoms with van der Waals surface area (Å²) in [6.45, 7) is 0. The Morgan fingerprint density at radius 2 is 0.889 bits per heavy atom. The molecule has 0 saturated heterocycles. The summed E-state index contributed by atoms with van der Waals surface area (Å²) in [5.41, 5.74) is 0. The number of hydrogen-bond acceptors (Lipinski definition) is 2. The third-order valence-electron chi connectivity index (χ3n) is 0.617. The summed E-state index contributed by atoms with van der Waals surface area (Å²) in [7, 11) is -6.00. The Morgan fingerprint density at radius 3 is 1.00 bits per heavy atom. The molecule has 0 aliphatic rings. The minimum Gasteiger partial charge on any atom is -0.418 e. The highest BCUT2D eigenvalue weighted by atomic mass is 127. The predicted molar refractivity (Wildman–Crippen MR) is 32.3 cm³/mol. The van der Waals surface area contributed by atoms with Gasteiger partial charge in [-0.05, 0) is 0 Å². The van der Waals surface area contributed by atoms with Crippen molar-refractivity contribution in [3.8, 4) is 0 Å². The Kier molecular flexibility index (Phi) is 7.20. The molecule has 0 atom stereocenters. The molecule has 0 aromatic carbocycles. The van der Waals surface area contributed by atoms with E-state index in [-0.39, 0.29) is 0 Å². The Balaban J connectivity index is 0. The molecular weight excluding hydrogens is 408 g/mol. The van der Waals surface area contributed by atoms with E-state index in [1.54, 1.807) is 0 Å². The van der Waals surface area contributed by atoms with Crippen LogP contribution >= 0.6 is 0 Å². The maximum Gasteiger partial charge on any atom is 0.673 e. The molecule has 0 aliphatic carbocycles. The number of rotatable bonds is 2. The van der Waals surface area contributed by atoms with E-state index in [4.69, 9.17) is 0 Å². The van der Waals surface area contributed by atoms with Gasteiger partial charge in [-0.25, -0.2) is 9.59 Å². The zero-order valence-electron chi connectivity index (χ0n) is 7.55. The molecule has 108 valence electrons. The van der Waals surface area contributed by atoms with Gasteiger partial charge in [-0.2, -0.15) is 26.3 Å². The second-order valence-corrected chi connectivity index (χ2v) is 4.63. The fraction of sp³-hybridized carbons (Fsp3) is 0.500. The van der Waals surface area contributed by atoms with Crippen LogP contribution in [0.3, 0.4) is 0 Å². The fourth-order valence-corrected chi connectivity index (χ4v) is 1.24. The van der Waals surface area contributed by atoms with Crippen LogP contribution in [-0.2, 0) is 9.59 Å². The predicted octanol–water partition coefficient (Wildman–Crippen LogP) is -0.447. The van der Waals surface area contributed by atoms with Gasteiger partial charge in [0.2, 0.25) is 0 Å². The molecule has 2 nitrogen and oxygen atoms in total. The van der Waals surface area contributed by atoms with Crippen molar-refractivity contribution in [1.29, 1.82) is 0 Å². The fourth-order valence-electron chi connectivity index (χ4n) is 0.185. The number of alkyl halides is 6. The van der Waals surface area contributed by atoms with Crippen molar-refractivity contribution in [3.05, 3.63) is 0 Å². The molecule has 14 heteroatoms. The van der Waals surface area contributed by atoms with Gasteiger partial charge in [-0.15, -0.1) is 0 Å². The van der Waals surface area contributed by atoms with Crippen LogP contribution < -0.4 is 21.2 Å². The summed E-state index contributed by atoms with van der Waals surface area (Å²) >= 11 is -3.21. The number of carbonyl (C=O) groups is 2. The average molecular weight is 408 g/mol. The molecule has 0 aromatic rings. The van der Waals surface area contributed by atoms with E-state index >= 15 is 0 Å². The molecular formula is C4BF10IO2. The van der Waals surface area contributed by atoms with Crippen molar-refractivity contribution >= 4 is 14.8 Å². The first-order valence-electron chi connectivity index (χ1n) is 3.29. The minimum atomic E-state index is -6.00. The zero-order chi connectivity index (χ0) is 15.4. The average Bonchev–Trinajstić information content (AvgIpc) is 1.96. The number of hydrogen-bond donors (Lipinski definition) is 0. The summed E-state index contributed by atoms with van der Waals surface area (Å²) in [4.78, 5) is 19.8. The molecule has 0 radical (unpaired) electrons. The van der Waals surface area contributed by atoms with Gasteiger partial charge in [-0.3, -0.25) is 0 Å². The lowest BCUT2D eigenvalue weighted by atomic mass is 10.3. The van der Waals surface area contributed by atoms with Crippen molar-refractivity contribution in [1.82, 2.24) is 0 Å². The first-order valence-corrected chi connectivity index (χ1v) is 5.45. The van der Waals surface area contributed by atoms with E-state index in [1.165, 1.54) is 0 Å². The van der Waals surface area contributed by atoms with Crippen LogP contribution in [0.5, 0.6) is 0 Å². The maximum absolute atomic E-state index is 11.4. The summed E-state index contributed by atoms with van der Waals surface area (Å²) < 4.78 is 102. The second-order valence-electron chi connectivity index (χ2n) is 2.13. The monoisotopic (exact) mass is 408 g/mol. The van der Waals surface area contributed by atoms with Crippen molar-refractivity contribution in [2.24, 2.45) is 0 Å². The van der Waals surface area contributed by atoms with Gasteiger partial charge in [0.15, 0.2) is 0 Å². The molecule has 0 bridgehead atoms. The topological polar surface area (TPSA) is 34.1 Å². The van der Waals surface area contributed by atoms with Crippen LogP contribution in [0.4, 0.5) is 43.6 Å². The number of halogens is 11. The lowest BCUT2D eigenvalue weighted by Crippen LogP contribution is -3.68. The largest absolute Gasteiger partial charge is 0.673 e. The third kappa shape index (κ3) is 13.5. The van der Waals surface area contributed by atoms with E-state index in [2.05, 4.69) is 0 Å². The molecule has 0 unspecified atom stereocenters. The molecule has 0 aromatic heterocycles. The lowest BCUT2D eigenvalue weighted by molar-refractivity contribution is -0.518. The van der Waals surface area contributed by atoms with Gasteiger partial charge in [0.1, 0.15) is 0 Å². The zero-order valence-corrected chi connectivity index (χ0v) is 9.71. The molecule has 0 rings (SSSR count). The van der Waals surface area contributed by atoms with Crippen molar-refractivity contribution < 1.29 is 74.4 Å². The van der Waals surface area contributed by atoms with E-state index in [0.717, 1.165) is 0 Å². The van der Waals surface area contributed by atoms with Crippen molar-refractivity contribution in [2.75, 3.05) is 0 Å².